The van der Waals surface area contributed by atoms with Crippen LogP contribution in [0, 0.1) is 6.92 Å². The van der Waals surface area contributed by atoms with Crippen molar-refractivity contribution in [3.8, 4) is 11.3 Å². The molecule has 0 amide bonds. The van der Waals surface area contributed by atoms with Gasteiger partial charge in [-0.15, -0.1) is 0 Å². The Labute approximate surface area is 101 Å². The predicted molar refractivity (Wildman–Crippen MR) is 70.0 cm³/mol. The minimum atomic E-state index is 0.779. The monoisotopic (exact) mass is 233 g/mol. The molecule has 0 bridgehead atoms. The Morgan fingerprint density at radius 2 is 1.88 bits per heavy atom. The van der Waals surface area contributed by atoms with Gasteiger partial charge in [0.15, 0.2) is 0 Å². The van der Waals surface area contributed by atoms with Crippen LogP contribution in [0.25, 0.3) is 11.3 Å². The van der Waals surface area contributed by atoms with Crippen LogP contribution < -0.4 is 0 Å². The molecule has 0 aliphatic rings. The van der Waals surface area contributed by atoms with E-state index in [0.717, 1.165) is 11.4 Å². The van der Waals surface area contributed by atoms with Crippen molar-refractivity contribution < 1.29 is 0 Å². The fraction of sp³-hybridized carbons (Fsp3) is 0.286. The van der Waals surface area contributed by atoms with E-state index in [1.165, 1.54) is 28.9 Å². The molecule has 0 radical (unpaired) electrons. The molecule has 2 aromatic rings. The minimum absolute atomic E-state index is 0.779. The molecular formula is C14H16ClN. The van der Waals surface area contributed by atoms with Crippen LogP contribution in [-0.4, -0.2) is 4.98 Å². The lowest BCUT2D eigenvalue weighted by Crippen LogP contribution is -1.83. The number of nitrogens with one attached hydrogen (secondary N) is 1. The van der Waals surface area contributed by atoms with Crippen molar-refractivity contribution in [3.05, 3.63) is 46.6 Å². The van der Waals surface area contributed by atoms with Crippen LogP contribution in [-0.2, 0) is 6.42 Å². The lowest BCUT2D eigenvalue weighted by molar-refractivity contribution is 0.893. The first-order valence-corrected chi connectivity index (χ1v) is 6.03. The van der Waals surface area contributed by atoms with Crippen LogP contribution in [0.3, 0.4) is 0 Å². The molecule has 16 heavy (non-hydrogen) atoms. The second-order valence-corrected chi connectivity index (χ2v) is 4.55. The molecule has 0 saturated heterocycles. The van der Waals surface area contributed by atoms with Crippen molar-refractivity contribution in [2.45, 2.75) is 26.7 Å². The lowest BCUT2D eigenvalue weighted by Gasteiger charge is -2.00. The maximum Gasteiger partial charge on any atom is 0.0485 e. The highest BCUT2D eigenvalue weighted by molar-refractivity contribution is 6.30. The lowest BCUT2D eigenvalue weighted by atomic mass is 10.1. The highest BCUT2D eigenvalue weighted by atomic mass is 35.5. The second kappa shape index (κ2) is 4.75. The van der Waals surface area contributed by atoms with Crippen molar-refractivity contribution in [3.63, 3.8) is 0 Å². The van der Waals surface area contributed by atoms with E-state index in [2.05, 4.69) is 37.0 Å². The number of aromatic nitrogens is 1. The van der Waals surface area contributed by atoms with Gasteiger partial charge in [0.25, 0.3) is 0 Å². The zero-order valence-electron chi connectivity index (χ0n) is 9.68. The third-order valence-corrected chi connectivity index (χ3v) is 2.97. The van der Waals surface area contributed by atoms with Crippen LogP contribution in [0.4, 0.5) is 0 Å². The molecular weight excluding hydrogens is 218 g/mol. The van der Waals surface area contributed by atoms with Crippen molar-refractivity contribution >= 4 is 11.6 Å². The molecule has 84 valence electrons. The van der Waals surface area contributed by atoms with Gasteiger partial charge >= 0.3 is 0 Å². The molecule has 1 nitrogen and oxygen atoms in total. The SMILES string of the molecule is CCCc1cc(C)c(-c2ccc(Cl)cc2)[nH]1. The Balaban J connectivity index is 2.36. The summed E-state index contributed by atoms with van der Waals surface area (Å²) in [5, 5.41) is 0.779. The zero-order valence-corrected chi connectivity index (χ0v) is 10.4. The summed E-state index contributed by atoms with van der Waals surface area (Å²) in [5.74, 6) is 0. The van der Waals surface area contributed by atoms with Gasteiger partial charge < -0.3 is 4.98 Å². The van der Waals surface area contributed by atoms with Crippen molar-refractivity contribution in [2.75, 3.05) is 0 Å². The van der Waals surface area contributed by atoms with Gasteiger partial charge in [-0.1, -0.05) is 37.1 Å². The number of aryl methyl sites for hydroxylation is 2. The largest absolute Gasteiger partial charge is 0.358 e. The standard InChI is InChI=1S/C14H16ClN/c1-3-4-13-9-10(2)14(16-13)11-5-7-12(15)8-6-11/h5-9,16H,3-4H2,1-2H3. The first-order valence-electron chi connectivity index (χ1n) is 5.65. The van der Waals surface area contributed by atoms with Gasteiger partial charge in [-0.3, -0.25) is 0 Å². The summed E-state index contributed by atoms with van der Waals surface area (Å²) < 4.78 is 0. The molecule has 1 N–H and O–H groups in total. The number of aromatic amines is 1. The van der Waals surface area contributed by atoms with Crippen LogP contribution in [0.1, 0.15) is 24.6 Å². The van der Waals surface area contributed by atoms with Crippen molar-refractivity contribution in [2.24, 2.45) is 0 Å². The quantitative estimate of drug-likeness (QED) is 0.798. The van der Waals surface area contributed by atoms with Gasteiger partial charge in [-0.05, 0) is 42.7 Å². The van der Waals surface area contributed by atoms with E-state index in [9.17, 15) is 0 Å². The van der Waals surface area contributed by atoms with Crippen molar-refractivity contribution in [1.29, 1.82) is 0 Å². The Bertz CT molecular complexity index is 468. The zero-order chi connectivity index (χ0) is 11.5. The van der Waals surface area contributed by atoms with E-state index in [1.807, 2.05) is 12.1 Å². The van der Waals surface area contributed by atoms with E-state index >= 15 is 0 Å². The molecule has 0 aliphatic heterocycles. The number of rotatable bonds is 3. The molecule has 0 spiro atoms. The maximum atomic E-state index is 5.88. The molecule has 0 saturated carbocycles. The Kier molecular flexibility index (Phi) is 3.35. The second-order valence-electron chi connectivity index (χ2n) is 4.11. The highest BCUT2D eigenvalue weighted by Crippen LogP contribution is 2.25. The number of halogens is 1. The van der Waals surface area contributed by atoms with Crippen LogP contribution in [0.2, 0.25) is 5.02 Å². The number of H-pyrrole nitrogens is 1. The van der Waals surface area contributed by atoms with Gasteiger partial charge in [0.05, 0.1) is 0 Å². The third kappa shape index (κ3) is 2.30. The van der Waals surface area contributed by atoms with Crippen LogP contribution in [0.15, 0.2) is 30.3 Å². The minimum Gasteiger partial charge on any atom is -0.358 e. The van der Waals surface area contributed by atoms with E-state index in [4.69, 9.17) is 11.6 Å². The molecule has 0 unspecified atom stereocenters. The Morgan fingerprint density at radius 3 is 2.50 bits per heavy atom. The normalized spacial score (nSPS) is 10.7. The van der Waals surface area contributed by atoms with Gasteiger partial charge in [0.2, 0.25) is 0 Å². The summed E-state index contributed by atoms with van der Waals surface area (Å²) in [5.41, 5.74) is 5.01. The summed E-state index contributed by atoms with van der Waals surface area (Å²) in [4.78, 5) is 3.48. The number of hydrogen-bond donors (Lipinski definition) is 1. The summed E-state index contributed by atoms with van der Waals surface area (Å²) in [6.07, 6.45) is 2.27. The molecule has 2 heteroatoms. The number of benzene rings is 1. The van der Waals surface area contributed by atoms with Crippen LogP contribution in [0.5, 0.6) is 0 Å². The summed E-state index contributed by atoms with van der Waals surface area (Å²) >= 11 is 5.88. The topological polar surface area (TPSA) is 15.8 Å². The summed E-state index contributed by atoms with van der Waals surface area (Å²) in [6.45, 7) is 4.33. The van der Waals surface area contributed by atoms with Gasteiger partial charge in [0, 0.05) is 16.4 Å². The van der Waals surface area contributed by atoms with Gasteiger partial charge in [-0.25, -0.2) is 0 Å². The third-order valence-electron chi connectivity index (χ3n) is 2.72. The molecule has 1 aromatic carbocycles. The predicted octanol–water partition coefficient (Wildman–Crippen LogP) is 4.60. The smallest absolute Gasteiger partial charge is 0.0485 e. The molecule has 2 rings (SSSR count). The fourth-order valence-electron chi connectivity index (χ4n) is 1.95. The molecule has 0 atom stereocenters. The maximum absolute atomic E-state index is 5.88. The Hall–Kier alpha value is -1.21. The van der Waals surface area contributed by atoms with E-state index in [0.29, 0.717) is 0 Å². The molecule has 1 heterocycles. The van der Waals surface area contributed by atoms with E-state index in [-0.39, 0.29) is 0 Å². The average Bonchev–Trinajstić information content (AvgIpc) is 2.61. The Morgan fingerprint density at radius 1 is 1.19 bits per heavy atom. The first-order chi connectivity index (χ1) is 7.70. The molecule has 0 aliphatic carbocycles. The molecule has 1 aromatic heterocycles. The van der Waals surface area contributed by atoms with Crippen molar-refractivity contribution in [1.82, 2.24) is 4.98 Å². The van der Waals surface area contributed by atoms with Gasteiger partial charge in [-0.2, -0.15) is 0 Å². The number of hydrogen-bond acceptors (Lipinski definition) is 0. The van der Waals surface area contributed by atoms with E-state index < -0.39 is 0 Å². The fourth-order valence-corrected chi connectivity index (χ4v) is 2.08. The first kappa shape index (κ1) is 11.3. The highest BCUT2D eigenvalue weighted by Gasteiger charge is 2.06. The van der Waals surface area contributed by atoms with E-state index in [1.54, 1.807) is 0 Å². The summed E-state index contributed by atoms with van der Waals surface area (Å²) in [7, 11) is 0. The average molecular weight is 234 g/mol. The molecule has 0 fully saturated rings. The summed E-state index contributed by atoms with van der Waals surface area (Å²) in [6, 6.07) is 10.2. The van der Waals surface area contributed by atoms with Gasteiger partial charge in [0.1, 0.15) is 0 Å². The van der Waals surface area contributed by atoms with Crippen LogP contribution >= 0.6 is 11.6 Å².